The van der Waals surface area contributed by atoms with Gasteiger partial charge < -0.3 is 11.1 Å². The van der Waals surface area contributed by atoms with Crippen molar-refractivity contribution >= 4 is 11.6 Å². The van der Waals surface area contributed by atoms with Gasteiger partial charge in [0.2, 0.25) is 0 Å². The van der Waals surface area contributed by atoms with Crippen LogP contribution < -0.4 is 11.1 Å². The summed E-state index contributed by atoms with van der Waals surface area (Å²) in [7, 11) is 0. The minimum Gasteiger partial charge on any atom is -0.398 e. The number of rotatable bonds is 1. The fourth-order valence-electron chi connectivity index (χ4n) is 0.771. The van der Waals surface area contributed by atoms with E-state index in [-0.39, 0.29) is 11.3 Å². The van der Waals surface area contributed by atoms with Crippen LogP contribution in [0.5, 0.6) is 0 Å². The lowest BCUT2D eigenvalue weighted by atomic mass is 10.2. The zero-order valence-electron chi connectivity index (χ0n) is 8.79. The Bertz CT molecular complexity index is 349. The molecule has 0 spiro atoms. The largest absolute Gasteiger partial charge is 0.398 e. The van der Waals surface area contributed by atoms with E-state index in [1.807, 2.05) is 5.32 Å². The molecule has 1 aromatic carbocycles. The molecule has 0 bridgehead atoms. The highest BCUT2D eigenvalue weighted by molar-refractivity contribution is 5.98. The monoisotopic (exact) mass is 153 g/mol. The Morgan fingerprint density at radius 3 is 3.00 bits per heavy atom. The lowest BCUT2D eigenvalue weighted by Gasteiger charge is -2.01. The topological polar surface area (TPSA) is 55.1 Å². The number of nitrogens with two attached hydrogens (primary N) is 1. The SMILES string of the molecule is [2H]C([2H])([2H])NC(=O)c1ccccc1N. The molecule has 3 heteroatoms. The number of carbonyl (C=O) groups excluding carboxylic acids is 1. The first-order valence-corrected chi connectivity index (χ1v) is 3.07. The summed E-state index contributed by atoms with van der Waals surface area (Å²) in [5.74, 6) is -0.692. The second-order valence-electron chi connectivity index (χ2n) is 2.04. The van der Waals surface area contributed by atoms with E-state index in [4.69, 9.17) is 9.85 Å². The van der Waals surface area contributed by atoms with Crippen LogP contribution in [0.1, 0.15) is 14.5 Å². The predicted octanol–water partition coefficient (Wildman–Crippen LogP) is 0.628. The molecule has 0 saturated heterocycles. The third-order valence-corrected chi connectivity index (χ3v) is 1.32. The maximum atomic E-state index is 11.3. The van der Waals surface area contributed by atoms with Gasteiger partial charge in [-0.25, -0.2) is 0 Å². The first-order chi connectivity index (χ1) is 6.40. The minimum absolute atomic E-state index is 0.170. The molecule has 0 unspecified atom stereocenters. The van der Waals surface area contributed by atoms with Gasteiger partial charge in [0.1, 0.15) is 0 Å². The van der Waals surface area contributed by atoms with Crippen molar-refractivity contribution < 1.29 is 8.91 Å². The lowest BCUT2D eigenvalue weighted by molar-refractivity contribution is 0.0964. The molecule has 0 heterocycles. The summed E-state index contributed by atoms with van der Waals surface area (Å²) in [5.41, 5.74) is 5.92. The average molecular weight is 153 g/mol. The van der Waals surface area contributed by atoms with E-state index in [0.29, 0.717) is 0 Å². The summed E-state index contributed by atoms with van der Waals surface area (Å²) in [4.78, 5) is 11.3. The van der Waals surface area contributed by atoms with E-state index in [2.05, 4.69) is 0 Å². The molecule has 0 radical (unpaired) electrons. The summed E-state index contributed by atoms with van der Waals surface area (Å²) in [6, 6.07) is 6.29. The van der Waals surface area contributed by atoms with Gasteiger partial charge >= 0.3 is 0 Å². The Kier molecular flexibility index (Phi) is 1.22. The van der Waals surface area contributed by atoms with Crippen LogP contribution in [-0.4, -0.2) is 12.9 Å². The predicted molar refractivity (Wildman–Crippen MR) is 44.2 cm³/mol. The molecule has 3 N–H and O–H groups in total. The third-order valence-electron chi connectivity index (χ3n) is 1.32. The Hall–Kier alpha value is -1.51. The number of hydrogen-bond donors (Lipinski definition) is 2. The van der Waals surface area contributed by atoms with Crippen LogP contribution in [-0.2, 0) is 0 Å². The maximum Gasteiger partial charge on any atom is 0.253 e. The quantitative estimate of drug-likeness (QED) is 0.581. The second kappa shape index (κ2) is 3.05. The number of anilines is 1. The van der Waals surface area contributed by atoms with Crippen molar-refractivity contribution in [3.8, 4) is 0 Å². The van der Waals surface area contributed by atoms with Gasteiger partial charge in [-0.1, -0.05) is 12.1 Å². The van der Waals surface area contributed by atoms with Crippen molar-refractivity contribution in [2.75, 3.05) is 12.7 Å². The molecule has 11 heavy (non-hydrogen) atoms. The van der Waals surface area contributed by atoms with Gasteiger partial charge in [-0.3, -0.25) is 4.79 Å². The van der Waals surface area contributed by atoms with Gasteiger partial charge in [0.15, 0.2) is 0 Å². The molecule has 1 rings (SSSR count). The van der Waals surface area contributed by atoms with E-state index in [1.165, 1.54) is 12.1 Å². The van der Waals surface area contributed by atoms with Crippen molar-refractivity contribution in [2.24, 2.45) is 0 Å². The van der Waals surface area contributed by atoms with Crippen LogP contribution >= 0.6 is 0 Å². The Morgan fingerprint density at radius 1 is 1.64 bits per heavy atom. The normalized spacial score (nSPS) is 14.4. The summed E-state index contributed by atoms with van der Waals surface area (Å²) in [5, 5.41) is 1.86. The Morgan fingerprint density at radius 2 is 2.36 bits per heavy atom. The van der Waals surface area contributed by atoms with Gasteiger partial charge in [0.25, 0.3) is 5.91 Å². The Labute approximate surface area is 69.4 Å². The number of carbonyl (C=O) groups is 1. The highest BCUT2D eigenvalue weighted by Gasteiger charge is 2.04. The number of para-hydroxylation sites is 1. The van der Waals surface area contributed by atoms with Crippen LogP contribution in [0.4, 0.5) is 5.69 Å². The number of benzene rings is 1. The van der Waals surface area contributed by atoms with E-state index in [0.717, 1.165) is 0 Å². The average Bonchev–Trinajstić information content (AvgIpc) is 2.01. The van der Waals surface area contributed by atoms with Crippen LogP contribution in [0.3, 0.4) is 0 Å². The number of nitrogens with one attached hydrogen (secondary N) is 1. The van der Waals surface area contributed by atoms with Crippen molar-refractivity contribution in [3.63, 3.8) is 0 Å². The van der Waals surface area contributed by atoms with Crippen LogP contribution in [0, 0.1) is 0 Å². The maximum absolute atomic E-state index is 11.3. The number of amides is 1. The van der Waals surface area contributed by atoms with Gasteiger partial charge in [0, 0.05) is 16.8 Å². The molecule has 0 saturated carbocycles. The minimum atomic E-state index is -2.49. The van der Waals surface area contributed by atoms with Gasteiger partial charge in [-0.15, -0.1) is 0 Å². The molecule has 0 aliphatic heterocycles. The molecule has 0 atom stereocenters. The van der Waals surface area contributed by atoms with Crippen LogP contribution in [0.15, 0.2) is 24.3 Å². The summed E-state index contributed by atoms with van der Waals surface area (Å²) >= 11 is 0. The zero-order chi connectivity index (χ0) is 10.8. The highest BCUT2D eigenvalue weighted by Crippen LogP contribution is 2.09. The number of nitrogen functional groups attached to an aromatic ring is 1. The van der Waals surface area contributed by atoms with Crippen molar-refractivity contribution in [2.45, 2.75) is 0 Å². The molecule has 1 aromatic rings. The Balaban J connectivity index is 2.86. The molecule has 1 amide bonds. The molecule has 0 aromatic heterocycles. The second-order valence-corrected chi connectivity index (χ2v) is 2.04. The zero-order valence-corrected chi connectivity index (χ0v) is 5.79. The molecule has 3 nitrogen and oxygen atoms in total. The first kappa shape index (κ1) is 4.38. The van der Waals surface area contributed by atoms with Crippen molar-refractivity contribution in [1.82, 2.24) is 5.32 Å². The summed E-state index contributed by atoms with van der Waals surface area (Å²) in [6.45, 7) is -2.49. The standard InChI is InChI=1S/C8H10N2O/c1-10-8(11)6-4-2-3-5-7(6)9/h2-5H,9H2,1H3,(H,10,11)/i1D3. The summed E-state index contributed by atoms with van der Waals surface area (Å²) in [6.07, 6.45) is 0. The van der Waals surface area contributed by atoms with Gasteiger partial charge in [0.05, 0.1) is 5.56 Å². The van der Waals surface area contributed by atoms with Crippen molar-refractivity contribution in [3.05, 3.63) is 29.8 Å². The van der Waals surface area contributed by atoms with Gasteiger partial charge in [-0.2, -0.15) is 0 Å². The van der Waals surface area contributed by atoms with E-state index < -0.39 is 12.9 Å². The smallest absolute Gasteiger partial charge is 0.253 e. The summed E-state index contributed by atoms with van der Waals surface area (Å²) < 4.78 is 20.5. The number of hydrogen-bond acceptors (Lipinski definition) is 2. The van der Waals surface area contributed by atoms with E-state index in [9.17, 15) is 4.79 Å². The molecule has 0 aliphatic rings. The first-order valence-electron chi connectivity index (χ1n) is 4.57. The lowest BCUT2D eigenvalue weighted by Crippen LogP contribution is -2.19. The third kappa shape index (κ3) is 1.49. The van der Waals surface area contributed by atoms with E-state index >= 15 is 0 Å². The molecule has 0 fully saturated rings. The molecular formula is C8H10N2O. The fraction of sp³-hybridized carbons (Fsp3) is 0.125. The van der Waals surface area contributed by atoms with Crippen molar-refractivity contribution in [1.29, 1.82) is 0 Å². The fourth-order valence-corrected chi connectivity index (χ4v) is 0.771. The van der Waals surface area contributed by atoms with Crippen LogP contribution in [0.25, 0.3) is 0 Å². The molecule has 0 aliphatic carbocycles. The van der Waals surface area contributed by atoms with Crippen LogP contribution in [0.2, 0.25) is 0 Å². The molecule has 58 valence electrons. The van der Waals surface area contributed by atoms with Gasteiger partial charge in [-0.05, 0) is 12.1 Å². The van der Waals surface area contributed by atoms with E-state index in [1.54, 1.807) is 12.1 Å². The molecular weight excluding hydrogens is 140 g/mol. The highest BCUT2D eigenvalue weighted by atomic mass is 16.1.